The maximum absolute atomic E-state index is 13.6. The van der Waals surface area contributed by atoms with Gasteiger partial charge in [0, 0.05) is 56.7 Å². The number of rotatable bonds is 40. The zero-order valence-electron chi connectivity index (χ0n) is 41.1. The van der Waals surface area contributed by atoms with Crippen molar-refractivity contribution in [2.24, 2.45) is 5.41 Å². The number of ether oxygens (including phenoxy) is 8. The van der Waals surface area contributed by atoms with Crippen LogP contribution in [-0.4, -0.2) is 183 Å². The van der Waals surface area contributed by atoms with Crippen molar-refractivity contribution in [1.82, 2.24) is 20.9 Å². The molecule has 404 valence electrons. The van der Waals surface area contributed by atoms with Gasteiger partial charge in [-0.1, -0.05) is 54.2 Å². The third kappa shape index (κ3) is 23.8. The average Bonchev–Trinajstić information content (AvgIpc) is 3.98. The number of hydrogen-bond acceptors (Lipinski definition) is 15. The fourth-order valence-electron chi connectivity index (χ4n) is 7.57. The molecular weight excluding hydrogens is 997 g/mol. The van der Waals surface area contributed by atoms with Crippen LogP contribution in [0.3, 0.4) is 0 Å². The molecule has 4 rings (SSSR count). The van der Waals surface area contributed by atoms with Gasteiger partial charge in [0.15, 0.2) is 0 Å². The van der Waals surface area contributed by atoms with E-state index in [1.165, 1.54) is 12.2 Å². The van der Waals surface area contributed by atoms with E-state index in [1.54, 1.807) is 42.5 Å². The standard InChI is InChI=1S/C50H69Cl2N5O16/c51-39-4-3-5-40(52)46(39)47(62)55-38-8-6-37(7-9-38)36-41(48(63)64)56-49(65)50(14-1-2-15-50)16-17-53-43(59)13-20-66-22-24-68-26-28-70-30-32-72-34-35-73-33-31-71-29-27-69-25-23-67-21-18-54-42(58)12-19-57-44(60)10-11-45(57)61/h3-11,41H,1-2,12-36H2,(H,53,59)(H,54,58)(H,55,62)(H,56,65)(H,63,64). The second-order valence-corrected chi connectivity index (χ2v) is 17.6. The Labute approximate surface area is 435 Å². The molecule has 2 aliphatic rings. The van der Waals surface area contributed by atoms with E-state index in [4.69, 9.17) is 61.1 Å². The Morgan fingerprint density at radius 1 is 0.603 bits per heavy atom. The Morgan fingerprint density at radius 2 is 1.05 bits per heavy atom. The van der Waals surface area contributed by atoms with Crippen molar-refractivity contribution < 1.29 is 76.6 Å². The second-order valence-electron chi connectivity index (χ2n) is 16.8. The van der Waals surface area contributed by atoms with Crippen molar-refractivity contribution in [3.8, 4) is 0 Å². The Hall–Kier alpha value is -5.07. The van der Waals surface area contributed by atoms with Gasteiger partial charge in [-0.3, -0.25) is 33.7 Å². The van der Waals surface area contributed by atoms with E-state index >= 15 is 0 Å². The Kier molecular flexibility index (Phi) is 29.2. The molecule has 0 saturated heterocycles. The van der Waals surface area contributed by atoms with Crippen LogP contribution >= 0.6 is 23.2 Å². The molecule has 1 heterocycles. The molecule has 2 aromatic carbocycles. The largest absolute Gasteiger partial charge is 0.480 e. The molecule has 0 bridgehead atoms. The minimum atomic E-state index is -1.18. The van der Waals surface area contributed by atoms with E-state index in [0.717, 1.165) is 17.7 Å². The van der Waals surface area contributed by atoms with Crippen molar-refractivity contribution >= 4 is 70.3 Å². The summed E-state index contributed by atoms with van der Waals surface area (Å²) >= 11 is 12.3. The number of carbonyl (C=O) groups is 7. The highest BCUT2D eigenvalue weighted by Crippen LogP contribution is 2.41. The lowest BCUT2D eigenvalue weighted by Crippen LogP contribution is -2.49. The van der Waals surface area contributed by atoms with Crippen molar-refractivity contribution in [2.45, 2.75) is 57.4 Å². The highest BCUT2D eigenvalue weighted by atomic mass is 35.5. The maximum atomic E-state index is 13.6. The van der Waals surface area contributed by atoms with E-state index in [-0.39, 0.29) is 72.3 Å². The third-order valence-corrected chi connectivity index (χ3v) is 12.2. The predicted octanol–water partition coefficient (Wildman–Crippen LogP) is 3.38. The van der Waals surface area contributed by atoms with Gasteiger partial charge >= 0.3 is 5.97 Å². The summed E-state index contributed by atoms with van der Waals surface area (Å²) in [5.41, 5.74) is 0.451. The zero-order chi connectivity index (χ0) is 52.5. The highest BCUT2D eigenvalue weighted by molar-refractivity contribution is 6.40. The second kappa shape index (κ2) is 35.2. The van der Waals surface area contributed by atoms with Crippen LogP contribution in [0.1, 0.15) is 60.9 Å². The van der Waals surface area contributed by atoms with Gasteiger partial charge in [-0.15, -0.1) is 0 Å². The molecule has 2 aromatic rings. The number of imide groups is 1. The number of halogens is 2. The summed E-state index contributed by atoms with van der Waals surface area (Å²) in [7, 11) is 0. The summed E-state index contributed by atoms with van der Waals surface area (Å²) in [6.45, 7) is 6.58. The molecule has 1 saturated carbocycles. The number of carboxylic acids is 1. The fourth-order valence-corrected chi connectivity index (χ4v) is 8.14. The van der Waals surface area contributed by atoms with Crippen LogP contribution in [0.5, 0.6) is 0 Å². The molecule has 0 aromatic heterocycles. The molecule has 1 aliphatic carbocycles. The zero-order valence-corrected chi connectivity index (χ0v) is 42.7. The molecular formula is C50H69Cl2N5O16. The van der Waals surface area contributed by atoms with Crippen LogP contribution in [0.2, 0.25) is 10.0 Å². The molecule has 1 atom stereocenters. The molecule has 1 fully saturated rings. The van der Waals surface area contributed by atoms with Crippen molar-refractivity contribution in [3.05, 3.63) is 75.8 Å². The summed E-state index contributed by atoms with van der Waals surface area (Å²) in [6.07, 6.45) is 5.77. The van der Waals surface area contributed by atoms with E-state index in [0.29, 0.717) is 136 Å². The Balaban J connectivity index is 0.893. The van der Waals surface area contributed by atoms with Gasteiger partial charge in [0.1, 0.15) is 6.04 Å². The quantitative estimate of drug-likeness (QED) is 0.0473. The number of carboxylic acid groups (broad SMARTS) is 1. The predicted molar refractivity (Wildman–Crippen MR) is 267 cm³/mol. The van der Waals surface area contributed by atoms with Crippen molar-refractivity contribution in [1.29, 1.82) is 0 Å². The topological polar surface area (TPSA) is 265 Å². The first kappa shape index (κ1) is 60.5. The van der Waals surface area contributed by atoms with Gasteiger partial charge in [-0.05, 0) is 49.1 Å². The smallest absolute Gasteiger partial charge is 0.326 e. The maximum Gasteiger partial charge on any atom is 0.326 e. The van der Waals surface area contributed by atoms with Crippen LogP contribution < -0.4 is 21.3 Å². The number of nitrogens with one attached hydrogen (secondary N) is 4. The van der Waals surface area contributed by atoms with Crippen molar-refractivity contribution in [3.63, 3.8) is 0 Å². The van der Waals surface area contributed by atoms with E-state index < -0.39 is 35.1 Å². The fraction of sp³-hybridized carbons (Fsp3) is 0.580. The average molecular weight is 1070 g/mol. The number of anilines is 1. The number of nitrogens with zero attached hydrogens (tertiary/aromatic N) is 1. The lowest BCUT2D eigenvalue weighted by molar-refractivity contribution is -0.144. The van der Waals surface area contributed by atoms with E-state index in [1.807, 2.05) is 0 Å². The summed E-state index contributed by atoms with van der Waals surface area (Å²) in [5.74, 6) is -3.31. The van der Waals surface area contributed by atoms with Gasteiger partial charge in [0.2, 0.25) is 17.7 Å². The third-order valence-electron chi connectivity index (χ3n) is 11.5. The number of aliphatic carboxylic acids is 1. The number of hydrogen-bond donors (Lipinski definition) is 5. The minimum absolute atomic E-state index is 0.0260. The van der Waals surface area contributed by atoms with Gasteiger partial charge in [0.05, 0.1) is 127 Å². The molecule has 73 heavy (non-hydrogen) atoms. The van der Waals surface area contributed by atoms with Gasteiger partial charge < -0.3 is 64.3 Å². The van der Waals surface area contributed by atoms with Crippen LogP contribution in [0.25, 0.3) is 0 Å². The van der Waals surface area contributed by atoms with Crippen LogP contribution in [0.4, 0.5) is 5.69 Å². The Bertz CT molecular complexity index is 2040. The summed E-state index contributed by atoms with van der Waals surface area (Å²) < 4.78 is 43.9. The van der Waals surface area contributed by atoms with Gasteiger partial charge in [-0.2, -0.15) is 0 Å². The number of carbonyl (C=O) groups excluding carboxylic acids is 6. The summed E-state index contributed by atoms with van der Waals surface area (Å²) in [6, 6.07) is 10.2. The molecule has 0 spiro atoms. The molecule has 6 amide bonds. The first-order valence-electron chi connectivity index (χ1n) is 24.5. The van der Waals surface area contributed by atoms with Gasteiger partial charge in [-0.25, -0.2) is 4.79 Å². The minimum Gasteiger partial charge on any atom is -0.480 e. The summed E-state index contributed by atoms with van der Waals surface area (Å²) in [5, 5.41) is 21.5. The molecule has 0 radical (unpaired) electrons. The molecule has 21 nitrogen and oxygen atoms in total. The van der Waals surface area contributed by atoms with Crippen LogP contribution in [-0.2, 0) is 73.1 Å². The SMILES string of the molecule is O=C(CCOCCOCCOCCOCCOCCOCCOCCOCCNC(=O)CCN1C(=O)C=CC1=O)NCCC1(C(=O)NC(Cc2ccc(NC(=O)c3c(Cl)cccc3Cl)cc2)C(=O)O)CCCC1. The molecule has 23 heteroatoms. The molecule has 5 N–H and O–H groups in total. The lowest BCUT2D eigenvalue weighted by Gasteiger charge is -2.29. The van der Waals surface area contributed by atoms with Crippen LogP contribution in [0.15, 0.2) is 54.6 Å². The first-order chi connectivity index (χ1) is 35.4. The number of benzene rings is 2. The summed E-state index contributed by atoms with van der Waals surface area (Å²) in [4.78, 5) is 87.0. The monoisotopic (exact) mass is 1070 g/mol. The molecule has 1 unspecified atom stereocenters. The van der Waals surface area contributed by atoms with Crippen LogP contribution in [0, 0.1) is 5.41 Å². The van der Waals surface area contributed by atoms with Crippen molar-refractivity contribution in [2.75, 3.05) is 131 Å². The first-order valence-corrected chi connectivity index (χ1v) is 25.2. The normalized spacial score (nSPS) is 14.4. The van der Waals surface area contributed by atoms with Gasteiger partial charge in [0.25, 0.3) is 17.7 Å². The van der Waals surface area contributed by atoms with E-state index in [2.05, 4.69) is 21.3 Å². The molecule has 1 aliphatic heterocycles. The lowest BCUT2D eigenvalue weighted by atomic mass is 9.81. The number of amides is 6. The van der Waals surface area contributed by atoms with E-state index in [9.17, 15) is 38.7 Å². The highest BCUT2D eigenvalue weighted by Gasteiger charge is 2.42. The Morgan fingerprint density at radius 3 is 1.55 bits per heavy atom.